The number of aliphatic imine (C=N–C) groups is 2. The molecule has 0 bridgehead atoms. The lowest BCUT2D eigenvalue weighted by Gasteiger charge is -2.32. The van der Waals surface area contributed by atoms with Crippen molar-refractivity contribution in [3.63, 3.8) is 0 Å². The van der Waals surface area contributed by atoms with Gasteiger partial charge in [0, 0.05) is 0 Å². The van der Waals surface area contributed by atoms with Gasteiger partial charge in [-0.15, -0.1) is 0 Å². The molecule has 0 atom stereocenters. The normalized spacial score (nSPS) is 20.9. The average Bonchev–Trinajstić information content (AvgIpc) is 2.05. The number of amidine groups is 2. The Balaban J connectivity index is 3.16. The Kier molecular flexibility index (Phi) is 2.36. The third kappa shape index (κ3) is 1.30. The van der Waals surface area contributed by atoms with Crippen LogP contribution in [0.3, 0.4) is 0 Å². The average molecular weight is 181 g/mol. The van der Waals surface area contributed by atoms with E-state index in [0.717, 1.165) is 12.8 Å². The van der Waals surface area contributed by atoms with Gasteiger partial charge in [-0.05, 0) is 12.8 Å². The van der Waals surface area contributed by atoms with Crippen LogP contribution in [0.15, 0.2) is 9.98 Å². The molecule has 1 heterocycles. The van der Waals surface area contributed by atoms with Gasteiger partial charge in [0.15, 0.2) is 0 Å². The molecular formula is C8H15N5. The minimum Gasteiger partial charge on any atom is -0.386 e. The summed E-state index contributed by atoms with van der Waals surface area (Å²) in [6.07, 6.45) is 1.53. The third-order valence-electron chi connectivity index (χ3n) is 2.64. The first-order chi connectivity index (χ1) is 6.06. The Morgan fingerprint density at radius 3 is 1.85 bits per heavy atom. The highest BCUT2D eigenvalue weighted by molar-refractivity contribution is 6.18. The van der Waals surface area contributed by atoms with E-state index in [4.69, 9.17) is 16.9 Å². The van der Waals surface area contributed by atoms with Gasteiger partial charge >= 0.3 is 0 Å². The lowest BCUT2D eigenvalue weighted by Crippen LogP contribution is -2.49. The van der Waals surface area contributed by atoms with Crippen LogP contribution in [-0.2, 0) is 0 Å². The Hall–Kier alpha value is -1.39. The molecular weight excluding hydrogens is 166 g/mol. The van der Waals surface area contributed by atoms with Gasteiger partial charge in [0.05, 0.1) is 5.41 Å². The Morgan fingerprint density at radius 1 is 1.15 bits per heavy atom. The lowest BCUT2D eigenvalue weighted by molar-refractivity contribution is 0.521. The fourth-order valence-corrected chi connectivity index (χ4v) is 1.57. The van der Waals surface area contributed by atoms with Crippen molar-refractivity contribution in [3.8, 4) is 0 Å². The van der Waals surface area contributed by atoms with Crippen LogP contribution in [0.4, 0.5) is 0 Å². The Bertz CT molecular complexity index is 261. The second-order valence-corrected chi connectivity index (χ2v) is 3.11. The molecule has 13 heavy (non-hydrogen) atoms. The van der Waals surface area contributed by atoms with Crippen molar-refractivity contribution in [2.45, 2.75) is 26.7 Å². The summed E-state index contributed by atoms with van der Waals surface area (Å²) in [5.74, 6) is 0.720. The van der Waals surface area contributed by atoms with Crippen LogP contribution in [0, 0.1) is 10.8 Å². The molecule has 0 saturated heterocycles. The van der Waals surface area contributed by atoms with Crippen molar-refractivity contribution in [1.82, 2.24) is 0 Å². The van der Waals surface area contributed by atoms with E-state index in [-0.39, 0.29) is 5.96 Å². The molecule has 5 nitrogen and oxygen atoms in total. The summed E-state index contributed by atoms with van der Waals surface area (Å²) in [5.41, 5.74) is 11.1. The maximum atomic E-state index is 7.24. The van der Waals surface area contributed by atoms with Crippen LogP contribution in [0.25, 0.3) is 0 Å². The van der Waals surface area contributed by atoms with Gasteiger partial charge in [0.25, 0.3) is 0 Å². The van der Waals surface area contributed by atoms with Crippen molar-refractivity contribution >= 4 is 17.6 Å². The molecule has 0 amide bonds. The first kappa shape index (κ1) is 9.70. The van der Waals surface area contributed by atoms with Crippen LogP contribution in [-0.4, -0.2) is 17.6 Å². The zero-order chi connectivity index (χ0) is 10.1. The molecule has 5 heteroatoms. The highest BCUT2D eigenvalue weighted by atomic mass is 15.1. The van der Waals surface area contributed by atoms with E-state index in [0.29, 0.717) is 11.7 Å². The molecule has 1 aliphatic heterocycles. The van der Waals surface area contributed by atoms with Crippen molar-refractivity contribution in [2.24, 2.45) is 26.9 Å². The third-order valence-corrected chi connectivity index (χ3v) is 2.64. The van der Waals surface area contributed by atoms with E-state index < -0.39 is 5.41 Å². The van der Waals surface area contributed by atoms with Crippen molar-refractivity contribution in [1.29, 1.82) is 5.41 Å². The highest BCUT2D eigenvalue weighted by Gasteiger charge is 2.37. The number of rotatable bonds is 2. The van der Waals surface area contributed by atoms with Crippen LogP contribution in [0.2, 0.25) is 0 Å². The summed E-state index contributed by atoms with van der Waals surface area (Å²) in [6.45, 7) is 3.98. The second kappa shape index (κ2) is 3.16. The predicted octanol–water partition coefficient (Wildman–Crippen LogP) is 0.456. The first-order valence-electron chi connectivity index (χ1n) is 4.34. The number of nitrogens with two attached hydrogens (primary N) is 2. The molecule has 0 unspecified atom stereocenters. The predicted molar refractivity (Wildman–Crippen MR) is 54.0 cm³/mol. The van der Waals surface area contributed by atoms with Gasteiger partial charge in [-0.2, -0.15) is 9.98 Å². The second-order valence-electron chi connectivity index (χ2n) is 3.11. The molecule has 0 saturated carbocycles. The summed E-state index contributed by atoms with van der Waals surface area (Å²) in [6, 6.07) is 0. The quantitative estimate of drug-likeness (QED) is 0.576. The molecule has 0 radical (unpaired) electrons. The fraction of sp³-hybridized carbons (Fsp3) is 0.625. The summed E-state index contributed by atoms with van der Waals surface area (Å²) in [4.78, 5) is 7.68. The number of hydrogen-bond acceptors (Lipinski definition) is 3. The van der Waals surface area contributed by atoms with Gasteiger partial charge in [-0.1, -0.05) is 13.8 Å². The van der Waals surface area contributed by atoms with E-state index in [1.807, 2.05) is 13.8 Å². The van der Waals surface area contributed by atoms with Gasteiger partial charge in [-0.3, -0.25) is 5.41 Å². The minimum absolute atomic E-state index is 0.104. The maximum Gasteiger partial charge on any atom is 0.245 e. The molecule has 0 aromatic heterocycles. The molecule has 0 aromatic rings. The van der Waals surface area contributed by atoms with Gasteiger partial charge in [0.1, 0.15) is 11.7 Å². The summed E-state index contributed by atoms with van der Waals surface area (Å²) in [5, 5.41) is 7.24. The van der Waals surface area contributed by atoms with Crippen molar-refractivity contribution in [3.05, 3.63) is 0 Å². The monoisotopic (exact) mass is 181 g/mol. The lowest BCUT2D eigenvalue weighted by atomic mass is 9.79. The van der Waals surface area contributed by atoms with Crippen molar-refractivity contribution in [2.75, 3.05) is 0 Å². The van der Waals surface area contributed by atoms with Gasteiger partial charge in [-0.25, -0.2) is 0 Å². The maximum absolute atomic E-state index is 7.24. The molecule has 0 spiro atoms. The molecule has 0 fully saturated rings. The number of nitrogens with zero attached hydrogens (tertiary/aromatic N) is 2. The van der Waals surface area contributed by atoms with E-state index in [1.165, 1.54) is 0 Å². The molecule has 1 aliphatic rings. The Labute approximate surface area is 77.4 Å². The van der Waals surface area contributed by atoms with Crippen LogP contribution >= 0.6 is 0 Å². The van der Waals surface area contributed by atoms with Crippen LogP contribution in [0.1, 0.15) is 26.7 Å². The van der Waals surface area contributed by atoms with Gasteiger partial charge in [0.2, 0.25) is 5.96 Å². The van der Waals surface area contributed by atoms with E-state index in [1.54, 1.807) is 0 Å². The molecule has 72 valence electrons. The number of hydrogen-bond donors (Lipinski definition) is 3. The molecule has 1 rings (SSSR count). The highest BCUT2D eigenvalue weighted by Crippen LogP contribution is 2.29. The number of nitrogens with one attached hydrogen (secondary N) is 1. The van der Waals surface area contributed by atoms with Crippen LogP contribution in [0.5, 0.6) is 0 Å². The van der Waals surface area contributed by atoms with E-state index in [9.17, 15) is 0 Å². The number of guanidine groups is 1. The topological polar surface area (TPSA) is 101 Å². The minimum atomic E-state index is -0.426. The standard InChI is InChI=1S/C8H15N5/c1-3-8(4-2)5(9)12-7(11)13-6(8)10/h3-4H2,1-2H3,(H5,9,10,11,12,13). The fourth-order valence-electron chi connectivity index (χ4n) is 1.57. The smallest absolute Gasteiger partial charge is 0.245 e. The van der Waals surface area contributed by atoms with E-state index >= 15 is 0 Å². The van der Waals surface area contributed by atoms with Gasteiger partial charge < -0.3 is 11.5 Å². The Morgan fingerprint density at radius 2 is 1.54 bits per heavy atom. The summed E-state index contributed by atoms with van der Waals surface area (Å²) in [7, 11) is 0. The van der Waals surface area contributed by atoms with Crippen LogP contribution < -0.4 is 11.5 Å². The molecule has 0 aromatic carbocycles. The summed E-state index contributed by atoms with van der Waals surface area (Å²) < 4.78 is 0. The largest absolute Gasteiger partial charge is 0.386 e. The van der Waals surface area contributed by atoms with Crippen molar-refractivity contribution < 1.29 is 0 Å². The molecule has 5 N–H and O–H groups in total. The first-order valence-corrected chi connectivity index (χ1v) is 4.34. The zero-order valence-electron chi connectivity index (χ0n) is 7.96. The zero-order valence-corrected chi connectivity index (χ0v) is 7.96. The summed E-state index contributed by atoms with van der Waals surface area (Å²) >= 11 is 0. The SMILES string of the molecule is CCC1(CC)C(N)=NC(=N)N=C1N. The van der Waals surface area contributed by atoms with E-state index in [2.05, 4.69) is 9.98 Å². The molecule has 0 aliphatic carbocycles.